The van der Waals surface area contributed by atoms with Crippen LogP contribution in [0.1, 0.15) is 12.5 Å². The number of carboxylic acid groups (broad SMARTS) is 1. The summed E-state index contributed by atoms with van der Waals surface area (Å²) >= 11 is 5.78. The van der Waals surface area contributed by atoms with Crippen molar-refractivity contribution in [1.82, 2.24) is 5.32 Å². The molecule has 0 aliphatic heterocycles. The average molecular weight is 242 g/mol. The molecule has 0 spiro atoms. The van der Waals surface area contributed by atoms with E-state index in [4.69, 9.17) is 16.7 Å². The summed E-state index contributed by atoms with van der Waals surface area (Å²) in [5.74, 6) is -1.43. The van der Waals surface area contributed by atoms with Crippen LogP contribution in [0, 0.1) is 0 Å². The Morgan fingerprint density at radius 3 is 2.69 bits per heavy atom. The molecule has 5 heteroatoms. The van der Waals surface area contributed by atoms with Crippen LogP contribution in [0.4, 0.5) is 0 Å². The maximum atomic E-state index is 10.9. The molecular formula is C11H12ClNO3. The Bertz CT molecular complexity index is 406. The average Bonchev–Trinajstić information content (AvgIpc) is 2.15. The number of benzene rings is 1. The Morgan fingerprint density at radius 1 is 1.50 bits per heavy atom. The van der Waals surface area contributed by atoms with E-state index in [1.165, 1.54) is 6.92 Å². The van der Waals surface area contributed by atoms with Crippen molar-refractivity contribution in [2.45, 2.75) is 19.4 Å². The van der Waals surface area contributed by atoms with E-state index in [1.807, 2.05) is 0 Å². The Morgan fingerprint density at radius 2 is 2.19 bits per heavy atom. The standard InChI is InChI=1S/C11H12ClNO3/c1-7(14)13-10(11(15)16)6-8-3-2-4-9(12)5-8/h2-5,10H,6H2,1H3,(H,13,14)(H,15,16)/t10-/m1/s1. The molecule has 0 radical (unpaired) electrons. The summed E-state index contributed by atoms with van der Waals surface area (Å²) in [6.45, 7) is 1.29. The zero-order valence-corrected chi connectivity index (χ0v) is 9.49. The second-order valence-electron chi connectivity index (χ2n) is 3.43. The van der Waals surface area contributed by atoms with Gasteiger partial charge >= 0.3 is 5.97 Å². The van der Waals surface area contributed by atoms with Gasteiger partial charge in [-0.05, 0) is 17.7 Å². The topological polar surface area (TPSA) is 66.4 Å². The summed E-state index contributed by atoms with van der Waals surface area (Å²) in [4.78, 5) is 21.7. The number of carbonyl (C=O) groups excluding carboxylic acids is 1. The zero-order chi connectivity index (χ0) is 12.1. The number of nitrogens with one attached hydrogen (secondary N) is 1. The second kappa shape index (κ2) is 5.51. The van der Waals surface area contributed by atoms with Gasteiger partial charge in [0.05, 0.1) is 0 Å². The number of rotatable bonds is 4. The highest BCUT2D eigenvalue weighted by Crippen LogP contribution is 2.12. The van der Waals surface area contributed by atoms with E-state index in [-0.39, 0.29) is 12.3 Å². The van der Waals surface area contributed by atoms with E-state index in [0.29, 0.717) is 5.02 Å². The molecule has 4 nitrogen and oxygen atoms in total. The van der Waals surface area contributed by atoms with Crippen molar-refractivity contribution in [1.29, 1.82) is 0 Å². The lowest BCUT2D eigenvalue weighted by Crippen LogP contribution is -2.41. The second-order valence-corrected chi connectivity index (χ2v) is 3.86. The molecule has 1 aromatic carbocycles. The summed E-state index contributed by atoms with van der Waals surface area (Å²) in [7, 11) is 0. The number of halogens is 1. The molecule has 1 amide bonds. The smallest absolute Gasteiger partial charge is 0.326 e. The highest BCUT2D eigenvalue weighted by molar-refractivity contribution is 6.30. The molecule has 0 bridgehead atoms. The molecule has 2 N–H and O–H groups in total. The van der Waals surface area contributed by atoms with Crippen LogP contribution >= 0.6 is 11.6 Å². The lowest BCUT2D eigenvalue weighted by atomic mass is 10.1. The largest absolute Gasteiger partial charge is 0.480 e. The highest BCUT2D eigenvalue weighted by atomic mass is 35.5. The quantitative estimate of drug-likeness (QED) is 0.839. The molecule has 0 fully saturated rings. The molecule has 86 valence electrons. The van der Waals surface area contributed by atoms with Gasteiger partial charge in [0.25, 0.3) is 0 Å². The normalized spacial score (nSPS) is 11.9. The zero-order valence-electron chi connectivity index (χ0n) is 8.74. The minimum atomic E-state index is -1.06. The van der Waals surface area contributed by atoms with Crippen LogP contribution in [0.2, 0.25) is 5.02 Å². The van der Waals surface area contributed by atoms with Gasteiger partial charge in [-0.3, -0.25) is 4.79 Å². The summed E-state index contributed by atoms with van der Waals surface area (Å²) in [5.41, 5.74) is 0.772. The third-order valence-electron chi connectivity index (χ3n) is 2.00. The molecule has 1 rings (SSSR count). The molecular weight excluding hydrogens is 230 g/mol. The van der Waals surface area contributed by atoms with E-state index >= 15 is 0 Å². The van der Waals surface area contributed by atoms with Gasteiger partial charge in [-0.15, -0.1) is 0 Å². The molecule has 0 saturated carbocycles. The maximum Gasteiger partial charge on any atom is 0.326 e. The van der Waals surface area contributed by atoms with Gasteiger partial charge in [-0.25, -0.2) is 4.79 Å². The van der Waals surface area contributed by atoms with Crippen LogP contribution < -0.4 is 5.32 Å². The Labute approximate surface area is 98.2 Å². The first kappa shape index (κ1) is 12.5. The number of amides is 1. The van der Waals surface area contributed by atoms with Crippen molar-refractivity contribution >= 4 is 23.5 Å². The van der Waals surface area contributed by atoms with Crippen LogP contribution in [-0.4, -0.2) is 23.0 Å². The van der Waals surface area contributed by atoms with Gasteiger partial charge in [-0.1, -0.05) is 23.7 Å². The summed E-state index contributed by atoms with van der Waals surface area (Å²) < 4.78 is 0. The predicted octanol–water partition coefficient (Wildman–Crippen LogP) is 1.47. The number of aliphatic carboxylic acids is 1. The SMILES string of the molecule is CC(=O)N[C@H](Cc1cccc(Cl)c1)C(=O)O. The van der Waals surface area contributed by atoms with Gasteiger partial charge in [0.15, 0.2) is 0 Å². The van der Waals surface area contributed by atoms with E-state index < -0.39 is 12.0 Å². The maximum absolute atomic E-state index is 10.9. The fourth-order valence-electron chi connectivity index (χ4n) is 1.35. The summed E-state index contributed by atoms with van der Waals surface area (Å²) in [6.07, 6.45) is 0.218. The first-order valence-corrected chi connectivity index (χ1v) is 5.11. The number of hydrogen-bond donors (Lipinski definition) is 2. The lowest BCUT2D eigenvalue weighted by Gasteiger charge is -2.13. The van der Waals surface area contributed by atoms with Gasteiger partial charge in [0, 0.05) is 18.4 Å². The van der Waals surface area contributed by atoms with E-state index in [9.17, 15) is 9.59 Å². The third-order valence-corrected chi connectivity index (χ3v) is 2.24. The minimum absolute atomic E-state index is 0.218. The van der Waals surface area contributed by atoms with E-state index in [2.05, 4.69) is 5.32 Å². The highest BCUT2D eigenvalue weighted by Gasteiger charge is 2.18. The van der Waals surface area contributed by atoms with Crippen molar-refractivity contribution < 1.29 is 14.7 Å². The molecule has 0 aliphatic carbocycles. The number of hydrogen-bond acceptors (Lipinski definition) is 2. The Hall–Kier alpha value is -1.55. The fraction of sp³-hybridized carbons (Fsp3) is 0.273. The van der Waals surface area contributed by atoms with Crippen molar-refractivity contribution in [3.05, 3.63) is 34.9 Å². The molecule has 0 aromatic heterocycles. The Balaban J connectivity index is 2.75. The minimum Gasteiger partial charge on any atom is -0.480 e. The Kier molecular flexibility index (Phi) is 4.31. The monoisotopic (exact) mass is 241 g/mol. The first-order valence-electron chi connectivity index (χ1n) is 4.73. The molecule has 16 heavy (non-hydrogen) atoms. The molecule has 1 aromatic rings. The summed E-state index contributed by atoms with van der Waals surface area (Å²) in [5, 5.41) is 11.8. The molecule has 1 atom stereocenters. The number of carbonyl (C=O) groups is 2. The first-order chi connectivity index (χ1) is 7.49. The molecule has 0 heterocycles. The van der Waals surface area contributed by atoms with E-state index in [1.54, 1.807) is 24.3 Å². The van der Waals surface area contributed by atoms with Crippen molar-refractivity contribution in [2.24, 2.45) is 0 Å². The third kappa shape index (κ3) is 3.90. The van der Waals surface area contributed by atoms with Gasteiger partial charge in [-0.2, -0.15) is 0 Å². The van der Waals surface area contributed by atoms with E-state index in [0.717, 1.165) is 5.56 Å². The number of carboxylic acids is 1. The predicted molar refractivity (Wildman–Crippen MR) is 60.4 cm³/mol. The van der Waals surface area contributed by atoms with Gasteiger partial charge < -0.3 is 10.4 Å². The molecule has 0 saturated heterocycles. The summed E-state index contributed by atoms with van der Waals surface area (Å²) in [6, 6.07) is 5.97. The van der Waals surface area contributed by atoms with Gasteiger partial charge in [0.2, 0.25) is 5.91 Å². The van der Waals surface area contributed by atoms with Crippen molar-refractivity contribution in [2.75, 3.05) is 0 Å². The van der Waals surface area contributed by atoms with Crippen molar-refractivity contribution in [3.63, 3.8) is 0 Å². The van der Waals surface area contributed by atoms with Crippen LogP contribution in [0.15, 0.2) is 24.3 Å². The van der Waals surface area contributed by atoms with Crippen molar-refractivity contribution in [3.8, 4) is 0 Å². The van der Waals surface area contributed by atoms with Gasteiger partial charge in [0.1, 0.15) is 6.04 Å². The van der Waals surface area contributed by atoms with Crippen LogP contribution in [-0.2, 0) is 16.0 Å². The molecule has 0 aliphatic rings. The van der Waals surface area contributed by atoms with Crippen LogP contribution in [0.5, 0.6) is 0 Å². The van der Waals surface area contributed by atoms with Crippen LogP contribution in [0.25, 0.3) is 0 Å². The van der Waals surface area contributed by atoms with Crippen LogP contribution in [0.3, 0.4) is 0 Å². The molecule has 0 unspecified atom stereocenters. The fourth-order valence-corrected chi connectivity index (χ4v) is 1.56. The lowest BCUT2D eigenvalue weighted by molar-refractivity contribution is -0.141.